The minimum absolute atomic E-state index is 0.145. The fourth-order valence-corrected chi connectivity index (χ4v) is 5.94. The van der Waals surface area contributed by atoms with Crippen LogP contribution in [0.2, 0.25) is 0 Å². The third-order valence-corrected chi connectivity index (χ3v) is 7.77. The summed E-state index contributed by atoms with van der Waals surface area (Å²) < 4.78 is 27.6. The molecule has 0 bridgehead atoms. The maximum Gasteiger partial charge on any atom is 0.338 e. The maximum absolute atomic E-state index is 13.9. The average Bonchev–Trinajstić information content (AvgIpc) is 3.27. The van der Waals surface area contributed by atoms with Gasteiger partial charge in [-0.25, -0.2) is 14.2 Å². The average molecular weight is 620 g/mol. The number of thiazole rings is 1. The molecule has 2 heterocycles. The zero-order valence-corrected chi connectivity index (χ0v) is 23.9. The van der Waals surface area contributed by atoms with Crippen LogP contribution in [0, 0.1) is 5.82 Å². The van der Waals surface area contributed by atoms with E-state index in [9.17, 15) is 14.0 Å². The van der Waals surface area contributed by atoms with Gasteiger partial charge in [0.2, 0.25) is 0 Å². The Morgan fingerprint density at radius 3 is 2.58 bits per heavy atom. The first kappa shape index (κ1) is 27.5. The number of hydrogen-bond donors (Lipinski definition) is 0. The van der Waals surface area contributed by atoms with Crippen LogP contribution in [0.3, 0.4) is 0 Å². The van der Waals surface area contributed by atoms with Crippen molar-refractivity contribution in [1.82, 2.24) is 4.57 Å². The van der Waals surface area contributed by atoms with Gasteiger partial charge in [0.05, 0.1) is 32.9 Å². The monoisotopic (exact) mass is 618 g/mol. The van der Waals surface area contributed by atoms with E-state index in [-0.39, 0.29) is 17.7 Å². The van der Waals surface area contributed by atoms with Gasteiger partial charge in [0.1, 0.15) is 18.2 Å². The Labute approximate surface area is 242 Å². The van der Waals surface area contributed by atoms with Crippen molar-refractivity contribution >= 4 is 45.0 Å². The normalized spacial score (nSPS) is 14.9. The molecule has 9 heteroatoms. The summed E-state index contributed by atoms with van der Waals surface area (Å²) in [6.45, 7) is 5.89. The van der Waals surface area contributed by atoms with Gasteiger partial charge in [-0.1, -0.05) is 72.5 Å². The summed E-state index contributed by atoms with van der Waals surface area (Å²) in [5, 5.41) is 0. The number of esters is 1. The molecule has 4 aromatic rings. The second-order valence-corrected chi connectivity index (χ2v) is 10.6. The zero-order chi connectivity index (χ0) is 28.2. The number of benzene rings is 3. The highest BCUT2D eigenvalue weighted by molar-refractivity contribution is 9.10. The SMILES string of the molecule is C=CCOc1ccc(/C=c2\sc3n(c2=O)[C@@H](c2ccc(F)cc2)C(C(=O)OCC)=C(c2ccccc2)N=3)cc1Br. The molecule has 0 saturated heterocycles. The van der Waals surface area contributed by atoms with Gasteiger partial charge in [0.15, 0.2) is 4.80 Å². The second kappa shape index (κ2) is 12.0. The molecular weight excluding hydrogens is 595 g/mol. The van der Waals surface area contributed by atoms with E-state index in [1.54, 1.807) is 31.2 Å². The number of fused-ring (bicyclic) bond motifs is 1. The van der Waals surface area contributed by atoms with Crippen molar-refractivity contribution in [2.24, 2.45) is 4.99 Å². The van der Waals surface area contributed by atoms with E-state index in [0.717, 1.165) is 10.0 Å². The molecule has 5 rings (SSSR count). The molecule has 0 radical (unpaired) electrons. The highest BCUT2D eigenvalue weighted by Crippen LogP contribution is 2.35. The maximum atomic E-state index is 13.9. The Hall–Kier alpha value is -4.08. The first-order valence-corrected chi connectivity index (χ1v) is 14.1. The first-order valence-electron chi connectivity index (χ1n) is 12.5. The van der Waals surface area contributed by atoms with Crippen molar-refractivity contribution in [2.45, 2.75) is 13.0 Å². The van der Waals surface area contributed by atoms with E-state index in [2.05, 4.69) is 22.5 Å². The summed E-state index contributed by atoms with van der Waals surface area (Å²) in [6, 6.07) is 19.7. The summed E-state index contributed by atoms with van der Waals surface area (Å²) in [6.07, 6.45) is 3.43. The van der Waals surface area contributed by atoms with Crippen LogP contribution in [0.15, 0.2) is 105 Å². The molecule has 0 fully saturated rings. The molecule has 6 nitrogen and oxygen atoms in total. The summed E-state index contributed by atoms with van der Waals surface area (Å²) in [4.78, 5) is 32.6. The van der Waals surface area contributed by atoms with Gasteiger partial charge < -0.3 is 9.47 Å². The number of carbonyl (C=O) groups excluding carboxylic acids is 1. The minimum atomic E-state index is -0.866. The van der Waals surface area contributed by atoms with Crippen molar-refractivity contribution in [3.8, 4) is 5.75 Å². The lowest BCUT2D eigenvalue weighted by atomic mass is 9.93. The molecule has 0 spiro atoms. The second-order valence-electron chi connectivity index (χ2n) is 8.77. The van der Waals surface area contributed by atoms with Gasteiger partial charge >= 0.3 is 5.97 Å². The molecule has 1 aliphatic heterocycles. The number of nitrogens with zero attached hydrogens (tertiary/aromatic N) is 2. The largest absolute Gasteiger partial charge is 0.488 e. The molecule has 40 heavy (non-hydrogen) atoms. The van der Waals surface area contributed by atoms with Crippen LogP contribution in [-0.2, 0) is 9.53 Å². The predicted octanol–water partition coefficient (Wildman–Crippen LogP) is 5.40. The van der Waals surface area contributed by atoms with Crippen molar-refractivity contribution in [2.75, 3.05) is 13.2 Å². The fourth-order valence-electron chi connectivity index (χ4n) is 4.42. The summed E-state index contributed by atoms with van der Waals surface area (Å²) in [5.41, 5.74) is 2.34. The van der Waals surface area contributed by atoms with Gasteiger partial charge in [0.25, 0.3) is 5.56 Å². The molecule has 202 valence electrons. The van der Waals surface area contributed by atoms with Crippen molar-refractivity contribution in [1.29, 1.82) is 0 Å². The number of rotatable bonds is 8. The van der Waals surface area contributed by atoms with Crippen LogP contribution < -0.4 is 19.6 Å². The number of ether oxygens (including phenoxy) is 2. The molecule has 0 N–H and O–H groups in total. The molecule has 1 aliphatic rings. The summed E-state index contributed by atoms with van der Waals surface area (Å²) in [5.74, 6) is -0.360. The third kappa shape index (κ3) is 5.48. The topological polar surface area (TPSA) is 69.9 Å². The highest BCUT2D eigenvalue weighted by Gasteiger charge is 2.35. The van der Waals surface area contributed by atoms with Crippen LogP contribution in [0.5, 0.6) is 5.75 Å². The Morgan fingerprint density at radius 2 is 1.90 bits per heavy atom. The lowest BCUT2D eigenvalue weighted by Crippen LogP contribution is -2.40. The van der Waals surface area contributed by atoms with E-state index < -0.39 is 17.8 Å². The molecule has 0 saturated carbocycles. The molecule has 1 aromatic heterocycles. The van der Waals surface area contributed by atoms with Crippen molar-refractivity contribution in [3.63, 3.8) is 0 Å². The zero-order valence-electron chi connectivity index (χ0n) is 21.5. The molecule has 0 amide bonds. The lowest BCUT2D eigenvalue weighted by Gasteiger charge is -2.25. The smallest absolute Gasteiger partial charge is 0.338 e. The van der Waals surface area contributed by atoms with E-state index in [0.29, 0.717) is 38.5 Å². The molecule has 0 aliphatic carbocycles. The van der Waals surface area contributed by atoms with E-state index in [1.807, 2.05) is 48.5 Å². The van der Waals surface area contributed by atoms with Crippen LogP contribution in [0.1, 0.15) is 29.7 Å². The van der Waals surface area contributed by atoms with Crippen LogP contribution in [0.25, 0.3) is 11.8 Å². The molecule has 1 atom stereocenters. The Bertz CT molecular complexity index is 1790. The van der Waals surface area contributed by atoms with Gasteiger partial charge in [-0.3, -0.25) is 9.36 Å². The van der Waals surface area contributed by atoms with Crippen molar-refractivity contribution in [3.05, 3.63) is 138 Å². The van der Waals surface area contributed by atoms with E-state index in [4.69, 9.17) is 14.5 Å². The Balaban J connectivity index is 1.75. The third-order valence-electron chi connectivity index (χ3n) is 6.17. The Morgan fingerprint density at radius 1 is 1.15 bits per heavy atom. The Kier molecular flexibility index (Phi) is 8.23. The lowest BCUT2D eigenvalue weighted by molar-refractivity contribution is -0.138. The van der Waals surface area contributed by atoms with Crippen LogP contribution >= 0.6 is 27.3 Å². The van der Waals surface area contributed by atoms with Gasteiger partial charge in [-0.15, -0.1) is 0 Å². The minimum Gasteiger partial charge on any atom is -0.488 e. The van der Waals surface area contributed by atoms with Gasteiger partial charge in [-0.05, 0) is 64.3 Å². The molecule has 0 unspecified atom stereocenters. The first-order chi connectivity index (χ1) is 19.4. The van der Waals surface area contributed by atoms with Crippen LogP contribution in [0.4, 0.5) is 4.39 Å². The number of carbonyl (C=O) groups is 1. The summed E-state index contributed by atoms with van der Waals surface area (Å²) in [7, 11) is 0. The molecular formula is C31H24BrFN2O4S. The van der Waals surface area contributed by atoms with E-state index >= 15 is 0 Å². The standard InChI is InChI=1S/C31H24BrFN2O4S/c1-3-16-39-24-15-10-19(17-23(24)32)18-25-29(36)35-28(21-11-13-22(33)14-12-21)26(30(37)38-4-2)27(34-31(35)40-25)20-8-6-5-7-9-20/h3,5-15,17-18,28H,1,4,16H2,2H3/b25-18-/t28-/m0/s1. The highest BCUT2D eigenvalue weighted by atomic mass is 79.9. The van der Waals surface area contributed by atoms with E-state index in [1.165, 1.54) is 28.0 Å². The predicted molar refractivity (Wildman–Crippen MR) is 157 cm³/mol. The summed E-state index contributed by atoms with van der Waals surface area (Å²) >= 11 is 4.73. The van der Waals surface area contributed by atoms with Gasteiger partial charge in [0, 0.05) is 5.56 Å². The van der Waals surface area contributed by atoms with Crippen molar-refractivity contribution < 1.29 is 18.7 Å². The quantitative estimate of drug-likeness (QED) is 0.196. The van der Waals surface area contributed by atoms with Crippen LogP contribution in [-0.4, -0.2) is 23.8 Å². The number of hydrogen-bond acceptors (Lipinski definition) is 6. The van der Waals surface area contributed by atoms with Gasteiger partial charge in [-0.2, -0.15) is 0 Å². The molecule has 3 aromatic carbocycles. The number of halogens is 2. The number of aromatic nitrogens is 1. The fraction of sp³-hybridized carbons (Fsp3) is 0.129.